The van der Waals surface area contributed by atoms with Gasteiger partial charge in [0.05, 0.1) is 5.92 Å². The van der Waals surface area contributed by atoms with Gasteiger partial charge in [-0.3, -0.25) is 9.59 Å². The van der Waals surface area contributed by atoms with Gasteiger partial charge in [-0.2, -0.15) is 0 Å². The van der Waals surface area contributed by atoms with Gasteiger partial charge in [-0.15, -0.1) is 0 Å². The van der Waals surface area contributed by atoms with Gasteiger partial charge in [0.1, 0.15) is 18.2 Å². The lowest BCUT2D eigenvalue weighted by Crippen LogP contribution is -2.47. The SMILES string of the molecule is CCCCCCCCCCCC(C[C@@H]1OC(=O)[C@H]1CCCCCC)OC(=O)[C@@H](N)CC(C)C. The summed E-state index contributed by atoms with van der Waals surface area (Å²) in [6, 6.07) is -0.579. The van der Waals surface area contributed by atoms with Crippen LogP contribution in [0.3, 0.4) is 0 Å². The Bertz CT molecular complexity index is 522. The van der Waals surface area contributed by atoms with Gasteiger partial charge in [0.25, 0.3) is 0 Å². The van der Waals surface area contributed by atoms with E-state index in [1.807, 2.05) is 0 Å². The molecule has 1 unspecified atom stereocenters. The fourth-order valence-electron chi connectivity index (χ4n) is 4.73. The van der Waals surface area contributed by atoms with E-state index in [9.17, 15) is 9.59 Å². The van der Waals surface area contributed by atoms with Gasteiger partial charge in [-0.25, -0.2) is 0 Å². The van der Waals surface area contributed by atoms with Crippen molar-refractivity contribution in [3.05, 3.63) is 0 Å². The monoisotopic (exact) mass is 467 g/mol. The molecular weight excluding hydrogens is 414 g/mol. The highest BCUT2D eigenvalue weighted by Gasteiger charge is 2.43. The number of nitrogens with two attached hydrogens (primary N) is 1. The molecule has 4 atom stereocenters. The number of hydrogen-bond donors (Lipinski definition) is 1. The number of hydrogen-bond acceptors (Lipinski definition) is 5. The molecule has 5 heteroatoms. The van der Waals surface area contributed by atoms with Crippen LogP contribution in [0.15, 0.2) is 0 Å². The lowest BCUT2D eigenvalue weighted by atomic mass is 9.86. The molecule has 1 rings (SSSR count). The summed E-state index contributed by atoms with van der Waals surface area (Å²) in [7, 11) is 0. The normalized spacial score (nSPS) is 19.8. The van der Waals surface area contributed by atoms with E-state index >= 15 is 0 Å². The standard InChI is InChI=1S/C28H53NO4/c1-5-7-9-11-12-13-14-15-16-18-23(32-28(31)25(29)20-22(3)4)21-26-24(27(30)33-26)19-17-10-8-6-2/h22-26H,5-21,29H2,1-4H3/t23?,24-,25-,26-/m0/s1. The Morgan fingerprint density at radius 1 is 0.909 bits per heavy atom. The van der Waals surface area contributed by atoms with Crippen molar-refractivity contribution in [3.63, 3.8) is 0 Å². The van der Waals surface area contributed by atoms with Crippen LogP contribution in [0, 0.1) is 11.8 Å². The quantitative estimate of drug-likeness (QED) is 0.144. The third-order valence-corrected chi connectivity index (χ3v) is 6.82. The molecule has 0 bridgehead atoms. The number of esters is 2. The predicted molar refractivity (Wildman–Crippen MR) is 136 cm³/mol. The molecule has 1 heterocycles. The topological polar surface area (TPSA) is 78.6 Å². The predicted octanol–water partition coefficient (Wildman–Crippen LogP) is 7.09. The van der Waals surface area contributed by atoms with Gasteiger partial charge in [0.2, 0.25) is 0 Å². The van der Waals surface area contributed by atoms with Crippen LogP contribution in [0.25, 0.3) is 0 Å². The second kappa shape index (κ2) is 18.3. The van der Waals surface area contributed by atoms with Crippen LogP contribution in [0.4, 0.5) is 0 Å². The highest BCUT2D eigenvalue weighted by Crippen LogP contribution is 2.32. The van der Waals surface area contributed by atoms with Gasteiger partial charge in [-0.1, -0.05) is 105 Å². The summed E-state index contributed by atoms with van der Waals surface area (Å²) < 4.78 is 11.3. The van der Waals surface area contributed by atoms with Gasteiger partial charge in [0, 0.05) is 6.42 Å². The van der Waals surface area contributed by atoms with Crippen LogP contribution in [0.1, 0.15) is 137 Å². The number of carbonyl (C=O) groups excluding carboxylic acids is 2. The van der Waals surface area contributed by atoms with E-state index in [4.69, 9.17) is 15.2 Å². The van der Waals surface area contributed by atoms with E-state index in [2.05, 4.69) is 27.7 Å². The number of unbranched alkanes of at least 4 members (excludes halogenated alkanes) is 11. The minimum Gasteiger partial charge on any atom is -0.461 e. The van der Waals surface area contributed by atoms with Gasteiger partial charge in [-0.05, 0) is 31.6 Å². The fraction of sp³-hybridized carbons (Fsp3) is 0.929. The van der Waals surface area contributed by atoms with E-state index in [1.54, 1.807) is 0 Å². The summed E-state index contributed by atoms with van der Waals surface area (Å²) in [4.78, 5) is 24.6. The minimum atomic E-state index is -0.579. The molecular formula is C28H53NO4. The summed E-state index contributed by atoms with van der Waals surface area (Å²) in [5.74, 6) is -0.0742. The Morgan fingerprint density at radius 2 is 1.45 bits per heavy atom. The Morgan fingerprint density at radius 3 is 2.00 bits per heavy atom. The first kappa shape index (κ1) is 29.9. The highest BCUT2D eigenvalue weighted by molar-refractivity contribution is 5.78. The molecule has 0 radical (unpaired) electrons. The first-order chi connectivity index (χ1) is 15.9. The molecule has 1 aliphatic heterocycles. The zero-order chi connectivity index (χ0) is 24.5. The van der Waals surface area contributed by atoms with E-state index in [1.165, 1.54) is 57.8 Å². The number of ether oxygens (including phenoxy) is 2. The summed E-state index contributed by atoms with van der Waals surface area (Å²) in [5, 5.41) is 0. The molecule has 5 nitrogen and oxygen atoms in total. The molecule has 1 aliphatic rings. The van der Waals surface area contributed by atoms with Gasteiger partial charge >= 0.3 is 11.9 Å². The molecule has 1 saturated heterocycles. The third kappa shape index (κ3) is 13.4. The van der Waals surface area contributed by atoms with Crippen molar-refractivity contribution in [3.8, 4) is 0 Å². The van der Waals surface area contributed by atoms with Crippen LogP contribution in [-0.4, -0.2) is 30.2 Å². The van der Waals surface area contributed by atoms with E-state index < -0.39 is 6.04 Å². The zero-order valence-corrected chi connectivity index (χ0v) is 22.1. The fourth-order valence-corrected chi connectivity index (χ4v) is 4.73. The van der Waals surface area contributed by atoms with E-state index in [-0.39, 0.29) is 30.1 Å². The van der Waals surface area contributed by atoms with Crippen LogP contribution in [-0.2, 0) is 19.1 Å². The molecule has 0 saturated carbocycles. The van der Waals surface area contributed by atoms with Crippen LogP contribution in [0.2, 0.25) is 0 Å². The summed E-state index contributed by atoms with van der Waals surface area (Å²) in [6.45, 7) is 8.56. The maximum Gasteiger partial charge on any atom is 0.323 e. The summed E-state index contributed by atoms with van der Waals surface area (Å²) in [5.41, 5.74) is 6.07. The van der Waals surface area contributed by atoms with Crippen LogP contribution < -0.4 is 5.73 Å². The smallest absolute Gasteiger partial charge is 0.323 e. The molecule has 1 fully saturated rings. The number of carbonyl (C=O) groups is 2. The average molecular weight is 468 g/mol. The van der Waals surface area contributed by atoms with Crippen molar-refractivity contribution in [2.75, 3.05) is 0 Å². The molecule has 0 aromatic rings. The second-order valence-electron chi connectivity index (χ2n) is 10.6. The van der Waals surface area contributed by atoms with Crippen LogP contribution >= 0.6 is 0 Å². The molecule has 33 heavy (non-hydrogen) atoms. The number of rotatable bonds is 21. The molecule has 2 N–H and O–H groups in total. The van der Waals surface area contributed by atoms with E-state index in [0.717, 1.165) is 38.5 Å². The Kier molecular flexibility index (Phi) is 16.6. The average Bonchev–Trinajstić information content (AvgIpc) is 2.76. The first-order valence-corrected chi connectivity index (χ1v) is 14.1. The highest BCUT2D eigenvalue weighted by atomic mass is 16.6. The number of cyclic esters (lactones) is 1. The van der Waals surface area contributed by atoms with Crippen molar-refractivity contribution in [2.24, 2.45) is 17.6 Å². The zero-order valence-electron chi connectivity index (χ0n) is 22.1. The Hall–Kier alpha value is -1.10. The van der Waals surface area contributed by atoms with Gasteiger partial charge in [0.15, 0.2) is 0 Å². The van der Waals surface area contributed by atoms with Crippen molar-refractivity contribution in [2.45, 2.75) is 155 Å². The Balaban J connectivity index is 2.47. The molecule has 194 valence electrons. The largest absolute Gasteiger partial charge is 0.461 e. The molecule has 0 spiro atoms. The summed E-state index contributed by atoms with van der Waals surface area (Å²) in [6.07, 6.45) is 18.6. The maximum atomic E-state index is 12.6. The van der Waals surface area contributed by atoms with Crippen LogP contribution in [0.5, 0.6) is 0 Å². The van der Waals surface area contributed by atoms with Crippen molar-refractivity contribution < 1.29 is 19.1 Å². The van der Waals surface area contributed by atoms with Gasteiger partial charge < -0.3 is 15.2 Å². The summed E-state index contributed by atoms with van der Waals surface area (Å²) >= 11 is 0. The lowest BCUT2D eigenvalue weighted by Gasteiger charge is -2.37. The third-order valence-electron chi connectivity index (χ3n) is 6.82. The maximum absolute atomic E-state index is 12.6. The second-order valence-corrected chi connectivity index (χ2v) is 10.6. The van der Waals surface area contributed by atoms with Crippen molar-refractivity contribution in [1.29, 1.82) is 0 Å². The molecule has 0 aromatic carbocycles. The van der Waals surface area contributed by atoms with Crippen molar-refractivity contribution >= 4 is 11.9 Å². The molecule has 0 aliphatic carbocycles. The lowest BCUT2D eigenvalue weighted by molar-refractivity contribution is -0.190. The van der Waals surface area contributed by atoms with Crippen molar-refractivity contribution in [1.82, 2.24) is 0 Å². The first-order valence-electron chi connectivity index (χ1n) is 14.1. The molecule has 0 aromatic heterocycles. The minimum absolute atomic E-state index is 0.0319. The Labute approximate surface area is 203 Å². The molecule has 0 amide bonds. The van der Waals surface area contributed by atoms with E-state index in [0.29, 0.717) is 18.8 Å².